The number of halogens is 3. The van der Waals surface area contributed by atoms with Gasteiger partial charge in [-0.05, 0) is 48.7 Å². The number of aromatic nitrogens is 2. The number of anilines is 1. The molecule has 0 aliphatic carbocycles. The predicted molar refractivity (Wildman–Crippen MR) is 139 cm³/mol. The first-order valence-corrected chi connectivity index (χ1v) is 13.6. The van der Waals surface area contributed by atoms with E-state index in [2.05, 4.69) is 16.0 Å². The van der Waals surface area contributed by atoms with Gasteiger partial charge in [-0.15, -0.1) is 0 Å². The van der Waals surface area contributed by atoms with E-state index in [-0.39, 0.29) is 13.1 Å². The highest BCUT2D eigenvalue weighted by Gasteiger charge is 2.38. The molecule has 2 heterocycles. The maximum absolute atomic E-state index is 14.5. The molecule has 200 valence electrons. The van der Waals surface area contributed by atoms with Gasteiger partial charge in [-0.25, -0.2) is 26.6 Å². The van der Waals surface area contributed by atoms with Crippen LogP contribution in [0.3, 0.4) is 0 Å². The van der Waals surface area contributed by atoms with Gasteiger partial charge in [0.2, 0.25) is 10.0 Å². The first kappa shape index (κ1) is 26.5. The van der Waals surface area contributed by atoms with Crippen LogP contribution < -0.4 is 4.90 Å². The minimum Gasteiger partial charge on any atom is -0.364 e. The fraction of sp³-hybridized carbons (Fsp3) is 0.214. The van der Waals surface area contributed by atoms with Crippen molar-refractivity contribution in [2.75, 3.05) is 11.4 Å². The third-order valence-corrected chi connectivity index (χ3v) is 8.91. The molecule has 0 amide bonds. The van der Waals surface area contributed by atoms with Gasteiger partial charge in [0.05, 0.1) is 35.1 Å². The largest absolute Gasteiger partial charge is 0.364 e. The Labute approximate surface area is 224 Å². The Balaban J connectivity index is 1.67. The predicted octanol–water partition coefficient (Wildman–Crippen LogP) is 4.83. The molecule has 0 saturated carbocycles. The quantitative estimate of drug-likeness (QED) is 0.347. The summed E-state index contributed by atoms with van der Waals surface area (Å²) in [5, 5.41) is 9.53. The number of nitrogens with zero attached hydrogens (tertiary/aromatic N) is 4. The first-order valence-electron chi connectivity index (χ1n) is 12.1. The van der Waals surface area contributed by atoms with Crippen molar-refractivity contribution in [3.05, 3.63) is 113 Å². The average molecular weight is 552 g/mol. The lowest BCUT2D eigenvalue weighted by atomic mass is 10.1. The van der Waals surface area contributed by atoms with Crippen molar-refractivity contribution in [1.82, 2.24) is 14.3 Å². The van der Waals surface area contributed by atoms with E-state index < -0.39 is 44.0 Å². The maximum atomic E-state index is 14.5. The molecule has 1 aromatic heterocycles. The zero-order chi connectivity index (χ0) is 27.7. The van der Waals surface area contributed by atoms with Gasteiger partial charge < -0.3 is 9.88 Å². The Hall–Kier alpha value is -4.14. The lowest BCUT2D eigenvalue weighted by Crippen LogP contribution is -2.46. The van der Waals surface area contributed by atoms with Gasteiger partial charge in [0, 0.05) is 36.6 Å². The summed E-state index contributed by atoms with van der Waals surface area (Å²) >= 11 is 0. The number of fused-ring (bicyclic) bond motifs is 1. The summed E-state index contributed by atoms with van der Waals surface area (Å²) in [7, 11) is -4.54. The fourth-order valence-electron chi connectivity index (χ4n) is 4.95. The summed E-state index contributed by atoms with van der Waals surface area (Å²) in [6.07, 6.45) is 3.51. The second-order valence-corrected chi connectivity index (χ2v) is 11.3. The summed E-state index contributed by atoms with van der Waals surface area (Å²) in [6, 6.07) is 16.2. The molecule has 5 rings (SSSR count). The molecule has 4 aromatic rings. The number of aromatic amines is 1. The number of nitrogens with one attached hydrogen (secondary N) is 1. The van der Waals surface area contributed by atoms with E-state index in [1.807, 2.05) is 35.2 Å². The third kappa shape index (κ3) is 5.13. The number of H-pyrrole nitrogens is 1. The molecule has 1 unspecified atom stereocenters. The number of hydrogen-bond donors (Lipinski definition) is 1. The van der Waals surface area contributed by atoms with Crippen molar-refractivity contribution >= 4 is 15.7 Å². The Kier molecular flexibility index (Phi) is 7.16. The molecule has 1 atom stereocenters. The minimum absolute atomic E-state index is 0.162. The summed E-state index contributed by atoms with van der Waals surface area (Å²) in [5.74, 6) is -4.85. The number of benzene rings is 3. The SMILES string of the molecule is Cc1c(S(=O)(=O)N2Cc3cc(C#N)ccc3N(Cc3cnc[nH]3)CC2Cc2ccccc2)cc(F)c(F)c1F. The molecule has 0 spiro atoms. The first-order chi connectivity index (χ1) is 18.7. The van der Waals surface area contributed by atoms with Crippen molar-refractivity contribution in [2.45, 2.75) is 37.4 Å². The normalized spacial score (nSPS) is 16.0. The maximum Gasteiger partial charge on any atom is 0.244 e. The van der Waals surface area contributed by atoms with E-state index in [0.717, 1.165) is 18.2 Å². The monoisotopic (exact) mass is 551 g/mol. The van der Waals surface area contributed by atoms with Crippen molar-refractivity contribution in [3.63, 3.8) is 0 Å². The summed E-state index contributed by atoms with van der Waals surface area (Å²) in [4.78, 5) is 8.48. The topological polar surface area (TPSA) is 93.1 Å². The smallest absolute Gasteiger partial charge is 0.244 e. The van der Waals surface area contributed by atoms with E-state index in [0.29, 0.717) is 35.8 Å². The molecule has 1 aliphatic rings. The van der Waals surface area contributed by atoms with Crippen molar-refractivity contribution < 1.29 is 21.6 Å². The Morgan fingerprint density at radius 2 is 1.87 bits per heavy atom. The van der Waals surface area contributed by atoms with Crippen LogP contribution in [0.1, 0.15) is 27.9 Å². The second kappa shape index (κ2) is 10.6. The lowest BCUT2D eigenvalue weighted by molar-refractivity contribution is 0.317. The zero-order valence-corrected chi connectivity index (χ0v) is 21.7. The van der Waals surface area contributed by atoms with Gasteiger partial charge in [0.25, 0.3) is 0 Å². The highest BCUT2D eigenvalue weighted by atomic mass is 32.2. The average Bonchev–Trinajstić information content (AvgIpc) is 3.39. The van der Waals surface area contributed by atoms with Crippen LogP contribution in [0.5, 0.6) is 0 Å². The second-order valence-electron chi connectivity index (χ2n) is 9.42. The molecule has 1 aliphatic heterocycles. The highest BCUT2D eigenvalue weighted by Crippen LogP contribution is 2.35. The third-order valence-electron chi connectivity index (χ3n) is 6.89. The number of nitriles is 1. The van der Waals surface area contributed by atoms with Crippen LogP contribution in [-0.4, -0.2) is 35.3 Å². The van der Waals surface area contributed by atoms with E-state index in [1.54, 1.807) is 30.7 Å². The molecule has 0 fully saturated rings. The molecule has 0 bridgehead atoms. The summed E-state index contributed by atoms with van der Waals surface area (Å²) in [5.41, 5.74) is 2.75. The van der Waals surface area contributed by atoms with E-state index in [1.165, 1.54) is 4.31 Å². The van der Waals surface area contributed by atoms with Crippen LogP contribution in [0.15, 0.2) is 72.0 Å². The minimum atomic E-state index is -4.54. The zero-order valence-electron chi connectivity index (χ0n) is 20.9. The van der Waals surface area contributed by atoms with E-state index >= 15 is 0 Å². The van der Waals surface area contributed by atoms with Crippen LogP contribution in [0, 0.1) is 35.7 Å². The molecule has 0 radical (unpaired) electrons. The van der Waals surface area contributed by atoms with Crippen LogP contribution in [0.2, 0.25) is 0 Å². The fourth-order valence-corrected chi connectivity index (χ4v) is 6.77. The molecule has 11 heteroatoms. The number of sulfonamides is 1. The standard InChI is InChI=1S/C28H24F3N5O2S/c1-18-26(11-24(29)28(31)27(18)30)39(37,38)36-14-21-9-20(12-32)7-8-25(21)35(15-22-13-33-17-34-22)16-23(36)10-19-5-3-2-4-6-19/h2-9,11,13,17,23H,10,14-16H2,1H3,(H,33,34). The van der Waals surface area contributed by atoms with Gasteiger partial charge >= 0.3 is 0 Å². The van der Waals surface area contributed by atoms with Crippen molar-refractivity contribution in [2.24, 2.45) is 0 Å². The van der Waals surface area contributed by atoms with Crippen LogP contribution in [-0.2, 0) is 29.5 Å². The van der Waals surface area contributed by atoms with E-state index in [4.69, 9.17) is 0 Å². The highest BCUT2D eigenvalue weighted by molar-refractivity contribution is 7.89. The number of imidazole rings is 1. The molecule has 7 nitrogen and oxygen atoms in total. The van der Waals surface area contributed by atoms with Gasteiger partial charge in [-0.1, -0.05) is 30.3 Å². The van der Waals surface area contributed by atoms with E-state index in [9.17, 15) is 26.9 Å². The van der Waals surface area contributed by atoms with Crippen LogP contribution in [0.25, 0.3) is 0 Å². The van der Waals surface area contributed by atoms with Gasteiger partial charge in [-0.3, -0.25) is 0 Å². The number of hydrogen-bond acceptors (Lipinski definition) is 5. The molecule has 3 aromatic carbocycles. The Bertz CT molecular complexity index is 1650. The van der Waals surface area contributed by atoms with Crippen LogP contribution >= 0.6 is 0 Å². The molecule has 39 heavy (non-hydrogen) atoms. The molecule has 0 saturated heterocycles. The van der Waals surface area contributed by atoms with Gasteiger partial charge in [0.15, 0.2) is 17.5 Å². The summed E-state index contributed by atoms with van der Waals surface area (Å²) in [6.45, 7) is 1.54. The van der Waals surface area contributed by atoms with Crippen LogP contribution in [0.4, 0.5) is 18.9 Å². The van der Waals surface area contributed by atoms with Crippen molar-refractivity contribution in [3.8, 4) is 6.07 Å². The molecular formula is C28H24F3N5O2S. The van der Waals surface area contributed by atoms with Gasteiger partial charge in [-0.2, -0.15) is 9.57 Å². The number of rotatable bonds is 6. The van der Waals surface area contributed by atoms with Crippen molar-refractivity contribution in [1.29, 1.82) is 5.26 Å². The Morgan fingerprint density at radius 1 is 1.10 bits per heavy atom. The Morgan fingerprint density at radius 3 is 2.56 bits per heavy atom. The van der Waals surface area contributed by atoms with Gasteiger partial charge in [0.1, 0.15) is 0 Å². The summed E-state index contributed by atoms with van der Waals surface area (Å²) < 4.78 is 72.2. The molecule has 1 N–H and O–H groups in total. The lowest BCUT2D eigenvalue weighted by Gasteiger charge is -2.32. The molecular weight excluding hydrogens is 527 g/mol.